The number of rotatable bonds is 11. The van der Waals surface area contributed by atoms with Crippen molar-refractivity contribution in [1.29, 1.82) is 0 Å². The minimum atomic E-state index is 0.221. The lowest BCUT2D eigenvalue weighted by molar-refractivity contribution is 0.0252. The van der Waals surface area contributed by atoms with Crippen molar-refractivity contribution in [2.45, 2.75) is 58.6 Å². The van der Waals surface area contributed by atoms with Crippen molar-refractivity contribution in [3.05, 3.63) is 0 Å². The van der Waals surface area contributed by atoms with Crippen molar-refractivity contribution in [2.75, 3.05) is 19.7 Å². The maximum Gasteiger partial charge on any atom is 0.107 e. The van der Waals surface area contributed by atoms with Gasteiger partial charge in [0.25, 0.3) is 0 Å². The van der Waals surface area contributed by atoms with E-state index in [-0.39, 0.29) is 6.23 Å². The van der Waals surface area contributed by atoms with Gasteiger partial charge in [0.05, 0.1) is 0 Å². The highest BCUT2D eigenvalue weighted by molar-refractivity contribution is 4.54. The molecule has 0 radical (unpaired) electrons. The van der Waals surface area contributed by atoms with E-state index in [4.69, 9.17) is 10.5 Å². The molecule has 1 atom stereocenters. The summed E-state index contributed by atoms with van der Waals surface area (Å²) in [4.78, 5) is 0. The summed E-state index contributed by atoms with van der Waals surface area (Å²) in [6.45, 7) is 6.97. The summed E-state index contributed by atoms with van der Waals surface area (Å²) in [5, 5.41) is 3.36. The molecule has 0 aliphatic rings. The molecule has 0 aliphatic heterocycles. The largest absolute Gasteiger partial charge is 0.363 e. The Hall–Kier alpha value is -0.120. The molecule has 0 aromatic heterocycles. The number of unbranched alkanes of at least 4 members (excludes halogenated alkanes) is 3. The third-order valence-electron chi connectivity index (χ3n) is 2.44. The fraction of sp³-hybridized carbons (Fsp3) is 1.00. The van der Waals surface area contributed by atoms with Crippen LogP contribution in [-0.2, 0) is 4.74 Å². The van der Waals surface area contributed by atoms with E-state index in [2.05, 4.69) is 19.2 Å². The van der Waals surface area contributed by atoms with Gasteiger partial charge in [-0.1, -0.05) is 33.1 Å². The Bertz CT molecular complexity index is 120. The zero-order valence-corrected chi connectivity index (χ0v) is 10.4. The molecule has 0 heterocycles. The smallest absolute Gasteiger partial charge is 0.107 e. The Morgan fingerprint density at radius 1 is 1.13 bits per heavy atom. The fourth-order valence-corrected chi connectivity index (χ4v) is 1.44. The second-order valence-electron chi connectivity index (χ2n) is 3.92. The summed E-state index contributed by atoms with van der Waals surface area (Å²) >= 11 is 0. The third kappa shape index (κ3) is 10.2. The molecule has 0 aromatic carbocycles. The van der Waals surface area contributed by atoms with Gasteiger partial charge >= 0.3 is 0 Å². The van der Waals surface area contributed by atoms with Gasteiger partial charge in [-0.3, -0.25) is 5.32 Å². The summed E-state index contributed by atoms with van der Waals surface area (Å²) in [6, 6.07) is 0. The van der Waals surface area contributed by atoms with Crippen LogP contribution in [-0.4, -0.2) is 25.9 Å². The van der Waals surface area contributed by atoms with Crippen LogP contribution in [0, 0.1) is 0 Å². The van der Waals surface area contributed by atoms with E-state index in [1.807, 2.05) is 0 Å². The Labute approximate surface area is 94.8 Å². The van der Waals surface area contributed by atoms with E-state index < -0.39 is 0 Å². The van der Waals surface area contributed by atoms with E-state index in [0.29, 0.717) is 0 Å². The van der Waals surface area contributed by atoms with Gasteiger partial charge in [-0.05, 0) is 32.4 Å². The molecule has 0 aliphatic carbocycles. The van der Waals surface area contributed by atoms with Crippen molar-refractivity contribution in [2.24, 2.45) is 5.73 Å². The molecule has 0 amide bonds. The molecule has 0 saturated carbocycles. The van der Waals surface area contributed by atoms with E-state index in [0.717, 1.165) is 32.5 Å². The van der Waals surface area contributed by atoms with Crippen LogP contribution in [0.2, 0.25) is 0 Å². The van der Waals surface area contributed by atoms with Crippen LogP contribution in [0.1, 0.15) is 52.4 Å². The molecule has 1 unspecified atom stereocenters. The predicted octanol–water partition coefficient (Wildman–Crippen LogP) is 2.26. The second kappa shape index (κ2) is 12.0. The topological polar surface area (TPSA) is 47.3 Å². The highest BCUT2D eigenvalue weighted by Crippen LogP contribution is 2.01. The summed E-state index contributed by atoms with van der Waals surface area (Å²) in [5.74, 6) is 0. The molecule has 0 saturated heterocycles. The minimum absolute atomic E-state index is 0.221. The first kappa shape index (κ1) is 14.9. The Morgan fingerprint density at radius 3 is 2.53 bits per heavy atom. The van der Waals surface area contributed by atoms with Crippen molar-refractivity contribution < 1.29 is 4.74 Å². The maximum atomic E-state index is 5.73. The van der Waals surface area contributed by atoms with Crippen molar-refractivity contribution in [3.8, 4) is 0 Å². The van der Waals surface area contributed by atoms with Crippen molar-refractivity contribution in [1.82, 2.24) is 5.32 Å². The zero-order valence-electron chi connectivity index (χ0n) is 10.4. The van der Waals surface area contributed by atoms with E-state index in [1.165, 1.54) is 25.7 Å². The zero-order chi connectivity index (χ0) is 11.4. The highest BCUT2D eigenvalue weighted by atomic mass is 16.5. The van der Waals surface area contributed by atoms with Gasteiger partial charge in [-0.15, -0.1) is 0 Å². The first-order chi connectivity index (χ1) is 7.35. The molecule has 92 valence electrons. The number of hydrogen-bond donors (Lipinski definition) is 2. The van der Waals surface area contributed by atoms with E-state index in [1.54, 1.807) is 0 Å². The number of ether oxygens (including phenoxy) is 1. The van der Waals surface area contributed by atoms with Gasteiger partial charge in [0, 0.05) is 6.61 Å². The van der Waals surface area contributed by atoms with Crippen LogP contribution in [0.15, 0.2) is 0 Å². The summed E-state index contributed by atoms with van der Waals surface area (Å²) in [5.41, 5.74) is 5.43. The van der Waals surface area contributed by atoms with Gasteiger partial charge in [0.15, 0.2) is 0 Å². The van der Waals surface area contributed by atoms with Gasteiger partial charge in [0.1, 0.15) is 6.23 Å². The first-order valence-corrected chi connectivity index (χ1v) is 6.40. The van der Waals surface area contributed by atoms with Crippen molar-refractivity contribution in [3.63, 3.8) is 0 Å². The molecule has 3 N–H and O–H groups in total. The molecule has 15 heavy (non-hydrogen) atoms. The average Bonchev–Trinajstić information content (AvgIpc) is 2.26. The Morgan fingerprint density at radius 2 is 1.93 bits per heavy atom. The molecule has 3 nitrogen and oxygen atoms in total. The van der Waals surface area contributed by atoms with Gasteiger partial charge < -0.3 is 10.5 Å². The quantitative estimate of drug-likeness (QED) is 0.411. The standard InChI is InChI=1S/C12H28N2O/c1-3-5-6-7-11-15-12(4-2)14-10-8-9-13/h12,14H,3-11,13H2,1-2H3. The molecular formula is C12H28N2O. The van der Waals surface area contributed by atoms with E-state index in [9.17, 15) is 0 Å². The van der Waals surface area contributed by atoms with Crippen LogP contribution in [0.5, 0.6) is 0 Å². The molecule has 0 aromatic rings. The van der Waals surface area contributed by atoms with E-state index >= 15 is 0 Å². The SMILES string of the molecule is CCCCCCOC(CC)NCCCN. The monoisotopic (exact) mass is 216 g/mol. The molecule has 0 rings (SSSR count). The summed E-state index contributed by atoms with van der Waals surface area (Å²) in [7, 11) is 0. The lowest BCUT2D eigenvalue weighted by atomic mass is 10.2. The fourth-order valence-electron chi connectivity index (χ4n) is 1.44. The minimum Gasteiger partial charge on any atom is -0.363 e. The van der Waals surface area contributed by atoms with Crippen molar-refractivity contribution >= 4 is 0 Å². The molecule has 0 bridgehead atoms. The van der Waals surface area contributed by atoms with Crippen LogP contribution < -0.4 is 11.1 Å². The van der Waals surface area contributed by atoms with Gasteiger partial charge in [0.2, 0.25) is 0 Å². The van der Waals surface area contributed by atoms with Crippen LogP contribution in [0.25, 0.3) is 0 Å². The summed E-state index contributed by atoms with van der Waals surface area (Å²) < 4.78 is 5.73. The lowest BCUT2D eigenvalue weighted by Gasteiger charge is -2.17. The molecular weight excluding hydrogens is 188 g/mol. The average molecular weight is 216 g/mol. The first-order valence-electron chi connectivity index (χ1n) is 6.40. The summed E-state index contributed by atoms with van der Waals surface area (Å²) in [6.07, 6.45) is 7.34. The normalized spacial score (nSPS) is 13.0. The number of hydrogen-bond acceptors (Lipinski definition) is 3. The lowest BCUT2D eigenvalue weighted by Crippen LogP contribution is -2.33. The van der Waals surface area contributed by atoms with Crippen LogP contribution in [0.3, 0.4) is 0 Å². The Kier molecular flexibility index (Phi) is 11.9. The molecule has 0 spiro atoms. The highest BCUT2D eigenvalue weighted by Gasteiger charge is 2.03. The molecule has 0 fully saturated rings. The van der Waals surface area contributed by atoms with Gasteiger partial charge in [-0.2, -0.15) is 0 Å². The Balaban J connectivity index is 3.28. The number of nitrogens with two attached hydrogens (primary N) is 1. The maximum absolute atomic E-state index is 5.73. The molecule has 3 heteroatoms. The second-order valence-corrected chi connectivity index (χ2v) is 3.92. The predicted molar refractivity (Wildman–Crippen MR) is 65.8 cm³/mol. The third-order valence-corrected chi connectivity index (χ3v) is 2.44. The van der Waals surface area contributed by atoms with Gasteiger partial charge in [-0.25, -0.2) is 0 Å². The number of nitrogens with one attached hydrogen (secondary N) is 1. The van der Waals surface area contributed by atoms with Crippen LogP contribution in [0.4, 0.5) is 0 Å². The van der Waals surface area contributed by atoms with Crippen LogP contribution >= 0.6 is 0 Å².